The summed E-state index contributed by atoms with van der Waals surface area (Å²) in [5.41, 5.74) is 1.54. The number of ether oxygens (including phenoxy) is 1. The Kier molecular flexibility index (Phi) is 4.14. The Balaban J connectivity index is 2.07. The van der Waals surface area contributed by atoms with Gasteiger partial charge in [-0.2, -0.15) is 4.68 Å². The van der Waals surface area contributed by atoms with Gasteiger partial charge in [0.25, 0.3) is 5.56 Å². The van der Waals surface area contributed by atoms with Crippen molar-refractivity contribution >= 4 is 16.9 Å². The second kappa shape index (κ2) is 6.39. The van der Waals surface area contributed by atoms with E-state index in [0.29, 0.717) is 28.6 Å². The number of benzene rings is 2. The van der Waals surface area contributed by atoms with Gasteiger partial charge in [-0.05, 0) is 18.2 Å². The Labute approximate surface area is 132 Å². The van der Waals surface area contributed by atoms with Gasteiger partial charge in [0.1, 0.15) is 12.1 Å². The van der Waals surface area contributed by atoms with Crippen LogP contribution in [0.4, 0.5) is 0 Å². The van der Waals surface area contributed by atoms with Gasteiger partial charge in [-0.15, -0.1) is 5.10 Å². The van der Waals surface area contributed by atoms with E-state index in [-0.39, 0.29) is 18.1 Å². The van der Waals surface area contributed by atoms with Gasteiger partial charge in [0, 0.05) is 12.0 Å². The summed E-state index contributed by atoms with van der Waals surface area (Å²) in [5.74, 6) is -0.295. The maximum absolute atomic E-state index is 12.6. The topological polar surface area (TPSA) is 74.1 Å². The lowest BCUT2D eigenvalue weighted by Crippen LogP contribution is -2.23. The van der Waals surface area contributed by atoms with E-state index in [1.54, 1.807) is 49.4 Å². The predicted octanol–water partition coefficient (Wildman–Crippen LogP) is 2.23. The zero-order valence-corrected chi connectivity index (χ0v) is 12.6. The highest BCUT2D eigenvalue weighted by molar-refractivity contribution is 5.76. The van der Waals surface area contributed by atoms with E-state index in [1.165, 1.54) is 4.68 Å². The number of carbonyl (C=O) groups is 1. The van der Waals surface area contributed by atoms with Crippen LogP contribution in [0.15, 0.2) is 53.3 Å². The Morgan fingerprint density at radius 3 is 2.70 bits per heavy atom. The van der Waals surface area contributed by atoms with E-state index in [9.17, 15) is 9.59 Å². The Morgan fingerprint density at radius 1 is 1.13 bits per heavy atom. The summed E-state index contributed by atoms with van der Waals surface area (Å²) in [4.78, 5) is 24.0. The number of aromatic nitrogens is 3. The van der Waals surface area contributed by atoms with Crippen LogP contribution < -0.4 is 5.56 Å². The average molecular weight is 309 g/mol. The lowest BCUT2D eigenvalue weighted by Gasteiger charge is -2.11. The third-order valence-electron chi connectivity index (χ3n) is 3.47. The van der Waals surface area contributed by atoms with Gasteiger partial charge in [0.05, 0.1) is 11.1 Å². The van der Waals surface area contributed by atoms with Crippen LogP contribution in [0.25, 0.3) is 16.6 Å². The molecule has 23 heavy (non-hydrogen) atoms. The number of hydrogen-bond donors (Lipinski definition) is 0. The van der Waals surface area contributed by atoms with Crippen molar-refractivity contribution in [2.75, 3.05) is 0 Å². The summed E-state index contributed by atoms with van der Waals surface area (Å²) < 4.78 is 6.40. The lowest BCUT2D eigenvalue weighted by atomic mass is 10.2. The molecule has 0 radical (unpaired) electrons. The molecule has 0 saturated carbocycles. The fourth-order valence-electron chi connectivity index (χ4n) is 2.25. The van der Waals surface area contributed by atoms with Crippen LogP contribution >= 0.6 is 0 Å². The first kappa shape index (κ1) is 14.9. The summed E-state index contributed by atoms with van der Waals surface area (Å²) >= 11 is 0. The SMILES string of the molecule is CCC(=O)OCc1ccccc1-n1nnc2ccccc2c1=O. The molecule has 0 N–H and O–H groups in total. The quantitative estimate of drug-likeness (QED) is 0.691. The average Bonchev–Trinajstić information content (AvgIpc) is 2.60. The zero-order valence-electron chi connectivity index (χ0n) is 12.6. The van der Waals surface area contributed by atoms with Crippen LogP contribution in [0, 0.1) is 0 Å². The molecule has 0 amide bonds. The molecule has 6 nitrogen and oxygen atoms in total. The van der Waals surface area contributed by atoms with Crippen molar-refractivity contribution in [3.8, 4) is 5.69 Å². The summed E-state index contributed by atoms with van der Waals surface area (Å²) in [5, 5.41) is 8.56. The summed E-state index contributed by atoms with van der Waals surface area (Å²) in [6, 6.07) is 14.2. The minimum Gasteiger partial charge on any atom is -0.461 e. The van der Waals surface area contributed by atoms with Crippen LogP contribution in [-0.4, -0.2) is 21.0 Å². The van der Waals surface area contributed by atoms with Crippen LogP contribution in [0.2, 0.25) is 0 Å². The molecular weight excluding hydrogens is 294 g/mol. The molecule has 6 heteroatoms. The van der Waals surface area contributed by atoms with E-state index in [0.717, 1.165) is 0 Å². The van der Waals surface area contributed by atoms with Gasteiger partial charge in [-0.25, -0.2) is 0 Å². The molecule has 2 aromatic carbocycles. The van der Waals surface area contributed by atoms with Crippen molar-refractivity contribution in [1.82, 2.24) is 15.0 Å². The zero-order chi connectivity index (χ0) is 16.2. The van der Waals surface area contributed by atoms with Crippen molar-refractivity contribution in [3.05, 3.63) is 64.4 Å². The molecule has 1 heterocycles. The summed E-state index contributed by atoms with van der Waals surface area (Å²) in [6.07, 6.45) is 0.303. The molecule has 0 fully saturated rings. The van der Waals surface area contributed by atoms with Crippen LogP contribution in [-0.2, 0) is 16.1 Å². The first-order chi connectivity index (χ1) is 11.2. The number of carbonyl (C=O) groups excluding carboxylic acids is 1. The molecule has 0 aliphatic heterocycles. The highest BCUT2D eigenvalue weighted by atomic mass is 16.5. The van der Waals surface area contributed by atoms with Crippen molar-refractivity contribution < 1.29 is 9.53 Å². The van der Waals surface area contributed by atoms with E-state index in [1.807, 2.05) is 6.07 Å². The summed E-state index contributed by atoms with van der Waals surface area (Å²) in [7, 11) is 0. The first-order valence-corrected chi connectivity index (χ1v) is 7.29. The van der Waals surface area contributed by atoms with Gasteiger partial charge in [-0.1, -0.05) is 42.5 Å². The largest absolute Gasteiger partial charge is 0.461 e. The molecule has 0 aliphatic carbocycles. The number of hydrogen-bond acceptors (Lipinski definition) is 5. The number of esters is 1. The smallest absolute Gasteiger partial charge is 0.305 e. The highest BCUT2D eigenvalue weighted by Crippen LogP contribution is 2.14. The van der Waals surface area contributed by atoms with Gasteiger partial charge in [0.2, 0.25) is 0 Å². The van der Waals surface area contributed by atoms with E-state index < -0.39 is 0 Å². The van der Waals surface area contributed by atoms with Gasteiger partial charge >= 0.3 is 5.97 Å². The molecular formula is C17H15N3O3. The third-order valence-corrected chi connectivity index (χ3v) is 3.47. The molecule has 0 unspecified atom stereocenters. The molecule has 0 atom stereocenters. The van der Waals surface area contributed by atoms with Crippen LogP contribution in [0.5, 0.6) is 0 Å². The third kappa shape index (κ3) is 2.96. The van der Waals surface area contributed by atoms with E-state index in [2.05, 4.69) is 10.3 Å². The summed E-state index contributed by atoms with van der Waals surface area (Å²) in [6.45, 7) is 1.82. The molecule has 116 valence electrons. The molecule has 3 rings (SSSR count). The monoisotopic (exact) mass is 309 g/mol. The number of nitrogens with zero attached hydrogens (tertiary/aromatic N) is 3. The first-order valence-electron chi connectivity index (χ1n) is 7.29. The van der Waals surface area contributed by atoms with Crippen molar-refractivity contribution in [1.29, 1.82) is 0 Å². The number of rotatable bonds is 4. The van der Waals surface area contributed by atoms with Crippen molar-refractivity contribution in [2.24, 2.45) is 0 Å². The molecule has 0 saturated heterocycles. The lowest BCUT2D eigenvalue weighted by molar-refractivity contribution is -0.144. The standard InChI is InChI=1S/C17H15N3O3/c1-2-16(21)23-11-12-7-3-6-10-15(12)20-17(22)13-8-4-5-9-14(13)18-19-20/h3-10H,2,11H2,1H3. The molecule has 1 aromatic heterocycles. The van der Waals surface area contributed by atoms with Gasteiger partial charge < -0.3 is 4.74 Å². The normalized spacial score (nSPS) is 10.7. The second-order valence-corrected chi connectivity index (χ2v) is 4.97. The van der Waals surface area contributed by atoms with Gasteiger partial charge in [0.15, 0.2) is 0 Å². The van der Waals surface area contributed by atoms with E-state index in [4.69, 9.17) is 4.74 Å². The Hall–Kier alpha value is -3.02. The number of para-hydroxylation sites is 1. The highest BCUT2D eigenvalue weighted by Gasteiger charge is 2.11. The van der Waals surface area contributed by atoms with Gasteiger partial charge in [-0.3, -0.25) is 9.59 Å². The second-order valence-electron chi connectivity index (χ2n) is 4.97. The minimum atomic E-state index is -0.295. The molecule has 0 bridgehead atoms. The molecule has 0 spiro atoms. The minimum absolute atomic E-state index is 0.0871. The van der Waals surface area contributed by atoms with E-state index >= 15 is 0 Å². The fourth-order valence-corrected chi connectivity index (χ4v) is 2.25. The van der Waals surface area contributed by atoms with Crippen LogP contribution in [0.1, 0.15) is 18.9 Å². The van der Waals surface area contributed by atoms with Crippen LogP contribution in [0.3, 0.4) is 0 Å². The molecule has 3 aromatic rings. The fraction of sp³-hybridized carbons (Fsp3) is 0.176. The van der Waals surface area contributed by atoms with Crippen molar-refractivity contribution in [2.45, 2.75) is 20.0 Å². The predicted molar refractivity (Wildman–Crippen MR) is 85.2 cm³/mol. The Bertz CT molecular complexity index is 918. The number of fused-ring (bicyclic) bond motifs is 1. The van der Waals surface area contributed by atoms with Crippen molar-refractivity contribution in [3.63, 3.8) is 0 Å². The maximum atomic E-state index is 12.6. The Morgan fingerprint density at radius 2 is 1.87 bits per heavy atom. The maximum Gasteiger partial charge on any atom is 0.305 e. The molecule has 0 aliphatic rings.